The molecule has 4 heteroatoms. The Morgan fingerprint density at radius 3 is 1.82 bits per heavy atom. The summed E-state index contributed by atoms with van der Waals surface area (Å²) in [5, 5.41) is 0. The van der Waals surface area contributed by atoms with Crippen LogP contribution in [-0.4, -0.2) is 55.7 Å². The molecule has 0 aliphatic carbocycles. The first-order valence-electron chi connectivity index (χ1n) is 5.98. The van der Waals surface area contributed by atoms with E-state index in [2.05, 4.69) is 0 Å². The number of likely N-dealkylation sites (N-methyl/N-ethyl adjacent to an activating group) is 1. The van der Waals surface area contributed by atoms with Gasteiger partial charge in [-0.2, -0.15) is 0 Å². The summed E-state index contributed by atoms with van der Waals surface area (Å²) in [7, 11) is 7.24. The van der Waals surface area contributed by atoms with Crippen LogP contribution in [-0.2, 0) is 9.59 Å². The van der Waals surface area contributed by atoms with E-state index >= 15 is 0 Å². The Hall–Kier alpha value is -0.900. The van der Waals surface area contributed by atoms with E-state index < -0.39 is 0 Å². The molecular weight excluding hydrogens is 216 g/mol. The minimum absolute atomic E-state index is 0.0681. The summed E-state index contributed by atoms with van der Waals surface area (Å²) in [4.78, 5) is 27.2. The van der Waals surface area contributed by atoms with Crippen LogP contribution in [0.15, 0.2) is 0 Å². The second kappa shape index (κ2) is 6.15. The van der Waals surface area contributed by atoms with Crippen LogP contribution >= 0.6 is 0 Å². The maximum Gasteiger partial charge on any atom is 0.222 e. The van der Waals surface area contributed by atoms with Crippen molar-refractivity contribution in [3.8, 4) is 0 Å². The van der Waals surface area contributed by atoms with Crippen molar-refractivity contribution in [2.24, 2.45) is 5.41 Å². The summed E-state index contributed by atoms with van der Waals surface area (Å²) < 4.78 is 0. The van der Waals surface area contributed by atoms with E-state index in [0.717, 1.165) is 0 Å². The molecule has 0 aromatic carbocycles. The third-order valence-electron chi connectivity index (χ3n) is 2.80. The fourth-order valence-corrected chi connectivity index (χ4v) is 1.61. The van der Waals surface area contributed by atoms with Crippen molar-refractivity contribution in [1.82, 2.24) is 9.80 Å². The lowest BCUT2D eigenvalue weighted by molar-refractivity contribution is -0.132. The Labute approximate surface area is 105 Å². The summed E-state index contributed by atoms with van der Waals surface area (Å²) in [6.45, 7) is 5.75. The van der Waals surface area contributed by atoms with Gasteiger partial charge in [0.25, 0.3) is 0 Å². The predicted molar refractivity (Wildman–Crippen MR) is 69.9 cm³/mol. The van der Waals surface area contributed by atoms with Crippen molar-refractivity contribution in [3.05, 3.63) is 0 Å². The van der Waals surface area contributed by atoms with E-state index in [-0.39, 0.29) is 23.1 Å². The van der Waals surface area contributed by atoms with E-state index in [1.54, 1.807) is 19.0 Å². The Balaban J connectivity index is 4.57. The molecule has 0 radical (unpaired) electrons. The molecule has 0 aromatic rings. The van der Waals surface area contributed by atoms with Crippen molar-refractivity contribution >= 4 is 11.7 Å². The van der Waals surface area contributed by atoms with Gasteiger partial charge < -0.3 is 4.90 Å². The van der Waals surface area contributed by atoms with Crippen LogP contribution in [0.3, 0.4) is 0 Å². The van der Waals surface area contributed by atoms with Crippen molar-refractivity contribution in [3.63, 3.8) is 0 Å². The van der Waals surface area contributed by atoms with Crippen LogP contribution in [0.4, 0.5) is 0 Å². The van der Waals surface area contributed by atoms with Crippen molar-refractivity contribution in [2.45, 2.75) is 39.7 Å². The molecule has 0 heterocycles. The summed E-state index contributed by atoms with van der Waals surface area (Å²) in [6.07, 6.45) is 0.998. The van der Waals surface area contributed by atoms with E-state index in [4.69, 9.17) is 0 Å². The van der Waals surface area contributed by atoms with Gasteiger partial charge in [-0.15, -0.1) is 0 Å². The third kappa shape index (κ3) is 5.31. The molecule has 4 nitrogen and oxygen atoms in total. The summed E-state index contributed by atoms with van der Waals surface area (Å²) in [6, 6.07) is -0.182. The molecule has 0 aliphatic heterocycles. The SMILES string of the molecule is CN(C)C(=O)CCC(C(=O)C(C)(C)C)N(C)C. The highest BCUT2D eigenvalue weighted by Crippen LogP contribution is 2.21. The normalized spacial score (nSPS) is 13.6. The third-order valence-corrected chi connectivity index (χ3v) is 2.80. The number of rotatable bonds is 5. The van der Waals surface area contributed by atoms with Crippen LogP contribution in [0.5, 0.6) is 0 Å². The molecular formula is C13H26N2O2. The molecule has 0 fully saturated rings. The average Bonchev–Trinajstić information content (AvgIpc) is 2.15. The molecule has 100 valence electrons. The van der Waals surface area contributed by atoms with Gasteiger partial charge in [-0.05, 0) is 20.5 Å². The summed E-state index contributed by atoms with van der Waals surface area (Å²) in [5.74, 6) is 0.257. The maximum absolute atomic E-state index is 12.2. The lowest BCUT2D eigenvalue weighted by Crippen LogP contribution is -2.42. The largest absolute Gasteiger partial charge is 0.349 e. The lowest BCUT2D eigenvalue weighted by atomic mass is 9.84. The van der Waals surface area contributed by atoms with Gasteiger partial charge >= 0.3 is 0 Å². The first-order valence-corrected chi connectivity index (χ1v) is 5.98. The van der Waals surface area contributed by atoms with Crippen LogP contribution in [0.1, 0.15) is 33.6 Å². The number of carbonyl (C=O) groups excluding carboxylic acids is 2. The fourth-order valence-electron chi connectivity index (χ4n) is 1.61. The van der Waals surface area contributed by atoms with Crippen LogP contribution in [0.2, 0.25) is 0 Å². The van der Waals surface area contributed by atoms with Gasteiger partial charge in [-0.3, -0.25) is 14.5 Å². The van der Waals surface area contributed by atoms with Gasteiger partial charge in [0.15, 0.2) is 5.78 Å². The van der Waals surface area contributed by atoms with Crippen LogP contribution in [0.25, 0.3) is 0 Å². The average molecular weight is 242 g/mol. The second-order valence-corrected chi connectivity index (χ2v) is 5.92. The molecule has 0 saturated carbocycles. The Morgan fingerprint density at radius 1 is 1.06 bits per heavy atom. The topological polar surface area (TPSA) is 40.6 Å². The second-order valence-electron chi connectivity index (χ2n) is 5.92. The minimum atomic E-state index is -0.365. The van der Waals surface area contributed by atoms with E-state index in [0.29, 0.717) is 12.8 Å². The number of hydrogen-bond acceptors (Lipinski definition) is 3. The molecule has 0 saturated heterocycles. The molecule has 0 rings (SSSR count). The zero-order valence-electron chi connectivity index (χ0n) is 12.2. The monoisotopic (exact) mass is 242 g/mol. The number of amides is 1. The maximum atomic E-state index is 12.2. The number of Topliss-reactive ketones (excluding diaryl/α,β-unsaturated/α-hetero) is 1. The minimum Gasteiger partial charge on any atom is -0.349 e. The molecule has 0 aliphatic rings. The first-order chi connectivity index (χ1) is 7.57. The van der Waals surface area contributed by atoms with Crippen LogP contribution < -0.4 is 0 Å². The van der Waals surface area contributed by atoms with Crippen molar-refractivity contribution in [2.75, 3.05) is 28.2 Å². The van der Waals surface area contributed by atoms with E-state index in [1.807, 2.05) is 39.8 Å². The predicted octanol–water partition coefficient (Wildman–Crippen LogP) is 1.40. The molecule has 1 unspecified atom stereocenters. The fraction of sp³-hybridized carbons (Fsp3) is 0.846. The quantitative estimate of drug-likeness (QED) is 0.731. The van der Waals surface area contributed by atoms with Gasteiger partial charge in [0.2, 0.25) is 5.91 Å². The highest BCUT2D eigenvalue weighted by Gasteiger charge is 2.31. The Morgan fingerprint density at radius 2 is 1.53 bits per heavy atom. The zero-order chi connectivity index (χ0) is 13.8. The lowest BCUT2D eigenvalue weighted by Gasteiger charge is -2.29. The molecule has 0 spiro atoms. The van der Waals surface area contributed by atoms with E-state index in [1.165, 1.54) is 0 Å². The van der Waals surface area contributed by atoms with Gasteiger partial charge in [0, 0.05) is 25.9 Å². The van der Waals surface area contributed by atoms with Gasteiger partial charge in [0.05, 0.1) is 6.04 Å². The molecule has 0 aromatic heterocycles. The number of nitrogens with zero attached hydrogens (tertiary/aromatic N) is 2. The molecule has 1 atom stereocenters. The Kier molecular flexibility index (Phi) is 5.82. The highest BCUT2D eigenvalue weighted by molar-refractivity contribution is 5.89. The summed E-state index contributed by atoms with van der Waals surface area (Å²) >= 11 is 0. The van der Waals surface area contributed by atoms with Crippen molar-refractivity contribution < 1.29 is 9.59 Å². The van der Waals surface area contributed by atoms with Gasteiger partial charge in [-0.1, -0.05) is 20.8 Å². The number of ketones is 1. The van der Waals surface area contributed by atoms with Gasteiger partial charge in [-0.25, -0.2) is 0 Å². The number of hydrogen-bond donors (Lipinski definition) is 0. The van der Waals surface area contributed by atoms with Crippen LogP contribution in [0, 0.1) is 5.41 Å². The molecule has 0 N–H and O–H groups in total. The smallest absolute Gasteiger partial charge is 0.222 e. The van der Waals surface area contributed by atoms with E-state index in [9.17, 15) is 9.59 Å². The first kappa shape index (κ1) is 16.1. The molecule has 1 amide bonds. The molecule has 0 bridgehead atoms. The van der Waals surface area contributed by atoms with Crippen molar-refractivity contribution in [1.29, 1.82) is 0 Å². The highest BCUT2D eigenvalue weighted by atomic mass is 16.2. The zero-order valence-corrected chi connectivity index (χ0v) is 12.2. The molecule has 17 heavy (non-hydrogen) atoms. The summed E-state index contributed by atoms with van der Waals surface area (Å²) in [5.41, 5.74) is -0.365. The Bertz CT molecular complexity index is 278. The standard InChI is InChI=1S/C13H26N2O2/c1-13(2,3)12(17)10(14(4)5)8-9-11(16)15(6)7/h10H,8-9H2,1-7H3. The number of carbonyl (C=O) groups is 2. The van der Waals surface area contributed by atoms with Gasteiger partial charge in [0.1, 0.15) is 0 Å².